The third-order valence-electron chi connectivity index (χ3n) is 4.37. The maximum absolute atomic E-state index is 15.3. The minimum Gasteiger partial charge on any atom is -0.335 e. The fourth-order valence-corrected chi connectivity index (χ4v) is 4.16. The van der Waals surface area contributed by atoms with Crippen LogP contribution in [0.15, 0.2) is 53.4 Å². The van der Waals surface area contributed by atoms with E-state index in [4.69, 9.17) is 11.6 Å². The SMILES string of the molecule is CS(=O)(=O)c1ccccc1C(=O)N1CC[C@@](F)(c2cccc(Cl)c2)C1. The molecule has 2 aromatic rings. The van der Waals surface area contributed by atoms with Crippen LogP contribution in [0.3, 0.4) is 0 Å². The highest BCUT2D eigenvalue weighted by Crippen LogP contribution is 2.37. The number of hydrogen-bond donors (Lipinski definition) is 0. The van der Waals surface area contributed by atoms with Gasteiger partial charge in [-0.1, -0.05) is 35.9 Å². The average molecular weight is 382 g/mol. The number of hydrogen-bond acceptors (Lipinski definition) is 3. The van der Waals surface area contributed by atoms with Gasteiger partial charge in [0, 0.05) is 24.2 Å². The van der Waals surface area contributed by atoms with Crippen molar-refractivity contribution in [2.45, 2.75) is 17.0 Å². The highest BCUT2D eigenvalue weighted by atomic mass is 35.5. The molecule has 1 amide bonds. The van der Waals surface area contributed by atoms with Crippen molar-refractivity contribution in [1.29, 1.82) is 0 Å². The number of carbonyl (C=O) groups excluding carboxylic acids is 1. The summed E-state index contributed by atoms with van der Waals surface area (Å²) in [5.41, 5.74) is -1.20. The van der Waals surface area contributed by atoms with Crippen LogP contribution in [0, 0.1) is 0 Å². The fraction of sp³-hybridized carbons (Fsp3) is 0.278. The van der Waals surface area contributed by atoms with Crippen molar-refractivity contribution < 1.29 is 17.6 Å². The molecule has 7 heteroatoms. The molecular weight excluding hydrogens is 365 g/mol. The first-order chi connectivity index (χ1) is 11.7. The molecule has 1 saturated heterocycles. The molecule has 1 fully saturated rings. The molecule has 0 N–H and O–H groups in total. The number of alkyl halides is 1. The predicted molar refractivity (Wildman–Crippen MR) is 94.3 cm³/mol. The third-order valence-corrected chi connectivity index (χ3v) is 5.76. The van der Waals surface area contributed by atoms with Crippen molar-refractivity contribution in [1.82, 2.24) is 4.90 Å². The quantitative estimate of drug-likeness (QED) is 0.818. The van der Waals surface area contributed by atoms with Crippen LogP contribution in [0.4, 0.5) is 4.39 Å². The molecule has 0 radical (unpaired) electrons. The molecule has 1 aliphatic heterocycles. The van der Waals surface area contributed by atoms with Crippen LogP contribution in [-0.2, 0) is 15.5 Å². The Morgan fingerprint density at radius 1 is 1.20 bits per heavy atom. The minimum absolute atomic E-state index is 0.0425. The number of carbonyl (C=O) groups is 1. The molecule has 4 nitrogen and oxygen atoms in total. The number of sulfone groups is 1. The van der Waals surface area contributed by atoms with Crippen molar-refractivity contribution in [3.05, 3.63) is 64.7 Å². The molecule has 0 aliphatic carbocycles. The first kappa shape index (κ1) is 17.9. The molecule has 0 bridgehead atoms. The smallest absolute Gasteiger partial charge is 0.255 e. The third kappa shape index (κ3) is 3.55. The maximum Gasteiger partial charge on any atom is 0.255 e. The van der Waals surface area contributed by atoms with E-state index in [0.717, 1.165) is 6.26 Å². The van der Waals surface area contributed by atoms with Gasteiger partial charge in [0.25, 0.3) is 5.91 Å². The number of nitrogens with zero attached hydrogens (tertiary/aromatic N) is 1. The van der Waals surface area contributed by atoms with Crippen LogP contribution < -0.4 is 0 Å². The Hall–Kier alpha value is -1.92. The van der Waals surface area contributed by atoms with Crippen molar-refractivity contribution in [2.24, 2.45) is 0 Å². The van der Waals surface area contributed by atoms with E-state index in [9.17, 15) is 13.2 Å². The lowest BCUT2D eigenvalue weighted by molar-refractivity contribution is 0.0747. The van der Waals surface area contributed by atoms with E-state index < -0.39 is 21.4 Å². The lowest BCUT2D eigenvalue weighted by Gasteiger charge is -2.22. The molecule has 25 heavy (non-hydrogen) atoms. The molecule has 132 valence electrons. The summed E-state index contributed by atoms with van der Waals surface area (Å²) >= 11 is 5.94. The average Bonchev–Trinajstić information content (AvgIpc) is 2.97. The van der Waals surface area contributed by atoms with Gasteiger partial charge in [-0.15, -0.1) is 0 Å². The lowest BCUT2D eigenvalue weighted by Crippen LogP contribution is -2.33. The zero-order valence-corrected chi connectivity index (χ0v) is 15.1. The molecule has 0 aromatic heterocycles. The van der Waals surface area contributed by atoms with Crippen molar-refractivity contribution in [3.63, 3.8) is 0 Å². The number of likely N-dealkylation sites (tertiary alicyclic amines) is 1. The predicted octanol–water partition coefficient (Wildman–Crippen LogP) is 3.45. The van der Waals surface area contributed by atoms with Crippen LogP contribution >= 0.6 is 11.6 Å². The van der Waals surface area contributed by atoms with Crippen molar-refractivity contribution in [2.75, 3.05) is 19.3 Å². The fourth-order valence-electron chi connectivity index (χ4n) is 3.09. The van der Waals surface area contributed by atoms with Crippen molar-refractivity contribution in [3.8, 4) is 0 Å². The molecule has 3 rings (SSSR count). The molecule has 0 unspecified atom stereocenters. The van der Waals surface area contributed by atoms with E-state index in [1.54, 1.807) is 36.4 Å². The summed E-state index contributed by atoms with van der Waals surface area (Å²) in [4.78, 5) is 14.1. The van der Waals surface area contributed by atoms with Crippen LogP contribution in [0.5, 0.6) is 0 Å². The zero-order valence-electron chi connectivity index (χ0n) is 13.6. The van der Waals surface area contributed by atoms with Gasteiger partial charge < -0.3 is 4.90 Å². The molecule has 0 spiro atoms. The summed E-state index contributed by atoms with van der Waals surface area (Å²) in [6, 6.07) is 12.5. The van der Waals surface area contributed by atoms with Gasteiger partial charge in [0.2, 0.25) is 0 Å². The molecule has 2 aromatic carbocycles. The molecule has 1 heterocycles. The number of benzene rings is 2. The van der Waals surface area contributed by atoms with Gasteiger partial charge in [-0.2, -0.15) is 0 Å². The summed E-state index contributed by atoms with van der Waals surface area (Å²) in [5.74, 6) is -0.484. The van der Waals surface area contributed by atoms with E-state index in [1.165, 1.54) is 17.0 Å². The first-order valence-corrected chi connectivity index (χ1v) is 10.0. The second-order valence-electron chi connectivity index (χ2n) is 6.22. The van der Waals surface area contributed by atoms with Gasteiger partial charge in [-0.3, -0.25) is 4.79 Å². The normalized spacial score (nSPS) is 20.7. The van der Waals surface area contributed by atoms with E-state index in [-0.39, 0.29) is 30.0 Å². The number of rotatable bonds is 3. The van der Waals surface area contributed by atoms with Crippen molar-refractivity contribution >= 4 is 27.3 Å². The Labute approximate surface area is 151 Å². The highest BCUT2D eigenvalue weighted by Gasteiger charge is 2.42. The van der Waals surface area contributed by atoms with Crippen LogP contribution in [0.25, 0.3) is 0 Å². The lowest BCUT2D eigenvalue weighted by atomic mass is 9.95. The standard InChI is InChI=1S/C18H17ClFNO3S/c1-25(23,24)16-8-3-2-7-15(16)17(22)21-10-9-18(20,12-21)13-5-4-6-14(19)11-13/h2-8,11H,9-10,12H2,1H3/t18-/m0/s1. The zero-order chi connectivity index (χ0) is 18.2. The van der Waals surface area contributed by atoms with E-state index in [2.05, 4.69) is 0 Å². The van der Waals surface area contributed by atoms with Gasteiger partial charge in [0.15, 0.2) is 15.5 Å². The van der Waals surface area contributed by atoms with Gasteiger partial charge in [0.1, 0.15) is 0 Å². The largest absolute Gasteiger partial charge is 0.335 e. The topological polar surface area (TPSA) is 54.5 Å². The number of halogens is 2. The van der Waals surface area contributed by atoms with Crippen LogP contribution in [0.2, 0.25) is 5.02 Å². The summed E-state index contributed by atoms with van der Waals surface area (Å²) < 4.78 is 39.1. The Morgan fingerprint density at radius 3 is 2.60 bits per heavy atom. The maximum atomic E-state index is 15.3. The Kier molecular flexibility index (Phi) is 4.60. The van der Waals surface area contributed by atoms with Gasteiger partial charge >= 0.3 is 0 Å². The second kappa shape index (κ2) is 6.42. The summed E-state index contributed by atoms with van der Waals surface area (Å²) in [6.07, 6.45) is 1.19. The summed E-state index contributed by atoms with van der Waals surface area (Å²) in [6.45, 7) is 0.0736. The Morgan fingerprint density at radius 2 is 1.92 bits per heavy atom. The van der Waals surface area contributed by atoms with E-state index >= 15 is 4.39 Å². The van der Waals surface area contributed by atoms with Crippen LogP contribution in [-0.4, -0.2) is 38.6 Å². The summed E-state index contributed by atoms with van der Waals surface area (Å²) in [5, 5.41) is 0.432. The molecule has 1 aliphatic rings. The first-order valence-electron chi connectivity index (χ1n) is 7.74. The molecular formula is C18H17ClFNO3S. The highest BCUT2D eigenvalue weighted by molar-refractivity contribution is 7.90. The van der Waals surface area contributed by atoms with Crippen LogP contribution in [0.1, 0.15) is 22.3 Å². The Bertz CT molecular complexity index is 931. The van der Waals surface area contributed by atoms with Gasteiger partial charge in [-0.25, -0.2) is 12.8 Å². The van der Waals surface area contributed by atoms with E-state index in [0.29, 0.717) is 10.6 Å². The molecule has 1 atom stereocenters. The Balaban J connectivity index is 1.89. The summed E-state index contributed by atoms with van der Waals surface area (Å²) in [7, 11) is -3.55. The van der Waals surface area contributed by atoms with E-state index in [1.807, 2.05) is 0 Å². The monoisotopic (exact) mass is 381 g/mol. The number of amides is 1. The minimum atomic E-state index is -3.55. The van der Waals surface area contributed by atoms with Gasteiger partial charge in [0.05, 0.1) is 17.0 Å². The second-order valence-corrected chi connectivity index (χ2v) is 8.64. The molecule has 0 saturated carbocycles. The van der Waals surface area contributed by atoms with Gasteiger partial charge in [-0.05, 0) is 29.8 Å².